The number of hydrogen-bond acceptors (Lipinski definition) is 3. The molecule has 1 aromatic rings. The van der Waals surface area contributed by atoms with Gasteiger partial charge in [0.2, 0.25) is 0 Å². The highest BCUT2D eigenvalue weighted by molar-refractivity contribution is 5.60. The summed E-state index contributed by atoms with van der Waals surface area (Å²) in [5.74, 6) is 0.776. The van der Waals surface area contributed by atoms with Crippen LogP contribution in [0.3, 0.4) is 0 Å². The molecule has 0 bridgehead atoms. The molecule has 0 fully saturated rings. The van der Waals surface area contributed by atoms with E-state index in [9.17, 15) is 0 Å². The van der Waals surface area contributed by atoms with Gasteiger partial charge in [0.25, 0.3) is 0 Å². The molecule has 0 saturated carbocycles. The van der Waals surface area contributed by atoms with E-state index >= 15 is 0 Å². The van der Waals surface area contributed by atoms with E-state index in [1.807, 2.05) is 18.2 Å². The molecule has 0 atom stereocenters. The molecular weight excluding hydrogens is 166 g/mol. The third-order valence-electron chi connectivity index (χ3n) is 1.71. The van der Waals surface area contributed by atoms with Crippen molar-refractivity contribution < 1.29 is 4.74 Å². The van der Waals surface area contributed by atoms with Crippen molar-refractivity contribution in [3.05, 3.63) is 23.8 Å². The topological polar surface area (TPSA) is 73.6 Å². The predicted molar refractivity (Wildman–Crippen MR) is 53.2 cm³/mol. The number of nitrogens with two attached hydrogens (primary N) is 2. The first-order valence-electron chi connectivity index (χ1n) is 3.93. The summed E-state index contributed by atoms with van der Waals surface area (Å²) in [7, 11) is 1.61. The molecular formula is C9H13N3O. The number of aliphatic imine (C=N–C) groups is 1. The molecule has 13 heavy (non-hydrogen) atoms. The molecule has 0 aliphatic carbocycles. The Morgan fingerprint density at radius 2 is 2.31 bits per heavy atom. The van der Waals surface area contributed by atoms with Crippen molar-refractivity contribution in [1.29, 1.82) is 0 Å². The molecule has 0 heterocycles. The summed E-state index contributed by atoms with van der Waals surface area (Å²) in [4.78, 5) is 3.93. The Kier molecular flexibility index (Phi) is 3.28. The lowest BCUT2D eigenvalue weighted by molar-refractivity contribution is 0.410. The summed E-state index contributed by atoms with van der Waals surface area (Å²) >= 11 is 0. The molecule has 1 aromatic carbocycles. The van der Waals surface area contributed by atoms with Crippen molar-refractivity contribution in [3.63, 3.8) is 0 Å². The van der Waals surface area contributed by atoms with Gasteiger partial charge in [-0.2, -0.15) is 0 Å². The number of nitrogens with zero attached hydrogens (tertiary/aromatic N) is 1. The van der Waals surface area contributed by atoms with Gasteiger partial charge in [0.05, 0.1) is 19.1 Å². The fourth-order valence-electron chi connectivity index (χ4n) is 1.09. The van der Waals surface area contributed by atoms with Gasteiger partial charge in [-0.15, -0.1) is 0 Å². The normalized spacial score (nSPS) is 10.6. The second kappa shape index (κ2) is 4.47. The molecule has 4 nitrogen and oxygen atoms in total. The zero-order valence-electron chi connectivity index (χ0n) is 7.53. The number of hydrogen-bond donors (Lipinski definition) is 2. The lowest BCUT2D eigenvalue weighted by Crippen LogP contribution is -1.99. The van der Waals surface area contributed by atoms with Gasteiger partial charge in [0, 0.05) is 12.1 Å². The largest absolute Gasteiger partial charge is 0.496 e. The van der Waals surface area contributed by atoms with Crippen LogP contribution in [0.2, 0.25) is 0 Å². The molecule has 4 heteroatoms. The third kappa shape index (κ3) is 2.19. The highest BCUT2D eigenvalue weighted by Gasteiger charge is 2.00. The average molecular weight is 179 g/mol. The molecule has 70 valence electrons. The molecule has 0 amide bonds. The first-order chi connectivity index (χ1) is 6.31. The van der Waals surface area contributed by atoms with Crippen molar-refractivity contribution in [2.24, 2.45) is 16.5 Å². The second-order valence-electron chi connectivity index (χ2n) is 2.48. The summed E-state index contributed by atoms with van der Waals surface area (Å²) in [5, 5.41) is 0. The number of methoxy groups -OCH3 is 1. The molecule has 0 unspecified atom stereocenters. The van der Waals surface area contributed by atoms with Crippen LogP contribution in [-0.4, -0.2) is 13.4 Å². The van der Waals surface area contributed by atoms with E-state index < -0.39 is 0 Å². The van der Waals surface area contributed by atoms with Gasteiger partial charge in [-0.3, -0.25) is 0 Å². The predicted octanol–water partition coefficient (Wildman–Crippen LogP) is 0.772. The molecule has 0 saturated heterocycles. The highest BCUT2D eigenvalue weighted by Crippen LogP contribution is 2.23. The molecule has 0 spiro atoms. The Bertz CT molecular complexity index is 310. The van der Waals surface area contributed by atoms with Gasteiger partial charge in [0.1, 0.15) is 5.75 Å². The highest BCUT2D eigenvalue weighted by atomic mass is 16.5. The zero-order valence-corrected chi connectivity index (χ0v) is 7.53. The molecule has 0 radical (unpaired) electrons. The van der Waals surface area contributed by atoms with Gasteiger partial charge in [-0.25, -0.2) is 4.99 Å². The number of ether oxygens (including phenoxy) is 1. The van der Waals surface area contributed by atoms with Crippen molar-refractivity contribution >= 4 is 12.0 Å². The number of rotatable bonds is 3. The maximum Gasteiger partial charge on any atom is 0.123 e. The van der Waals surface area contributed by atoms with Gasteiger partial charge in [0.15, 0.2) is 0 Å². The first kappa shape index (κ1) is 9.54. The molecule has 4 N–H and O–H groups in total. The van der Waals surface area contributed by atoms with E-state index in [0.29, 0.717) is 6.54 Å². The van der Waals surface area contributed by atoms with Crippen LogP contribution in [-0.2, 0) is 6.54 Å². The minimum absolute atomic E-state index is 0.428. The van der Waals surface area contributed by atoms with Crippen LogP contribution < -0.4 is 16.2 Å². The van der Waals surface area contributed by atoms with Crippen LogP contribution >= 0.6 is 0 Å². The van der Waals surface area contributed by atoms with Crippen molar-refractivity contribution in [3.8, 4) is 5.75 Å². The Balaban J connectivity index is 3.05. The monoisotopic (exact) mass is 179 g/mol. The minimum atomic E-state index is 0.428. The van der Waals surface area contributed by atoms with E-state index in [0.717, 1.165) is 17.0 Å². The van der Waals surface area contributed by atoms with Crippen LogP contribution in [0.4, 0.5) is 5.69 Å². The summed E-state index contributed by atoms with van der Waals surface area (Å²) < 4.78 is 5.11. The summed E-state index contributed by atoms with van der Waals surface area (Å²) in [6, 6.07) is 5.49. The smallest absolute Gasteiger partial charge is 0.123 e. The molecule has 0 aromatic heterocycles. The van der Waals surface area contributed by atoms with Gasteiger partial charge in [-0.1, -0.05) is 0 Å². The second-order valence-corrected chi connectivity index (χ2v) is 2.48. The Morgan fingerprint density at radius 3 is 2.85 bits per heavy atom. The lowest BCUT2D eigenvalue weighted by atomic mass is 10.2. The Labute approximate surface area is 77.2 Å². The average Bonchev–Trinajstić information content (AvgIpc) is 2.18. The first-order valence-corrected chi connectivity index (χ1v) is 3.93. The van der Waals surface area contributed by atoms with Crippen molar-refractivity contribution in [1.82, 2.24) is 0 Å². The molecule has 0 aliphatic heterocycles. The standard InChI is InChI=1S/C9H13N3O/c1-13-9-3-2-8(12-6-11)4-7(9)5-10/h2-4,6H,5,10H2,1H3,(H2,11,12). The van der Waals surface area contributed by atoms with E-state index in [1.165, 1.54) is 6.34 Å². The number of benzene rings is 1. The van der Waals surface area contributed by atoms with Crippen LogP contribution in [0.1, 0.15) is 5.56 Å². The summed E-state index contributed by atoms with van der Waals surface area (Å²) in [5.41, 5.74) is 12.4. The van der Waals surface area contributed by atoms with Gasteiger partial charge in [-0.05, 0) is 18.2 Å². The fraction of sp³-hybridized carbons (Fsp3) is 0.222. The minimum Gasteiger partial charge on any atom is -0.496 e. The lowest BCUT2D eigenvalue weighted by Gasteiger charge is -2.06. The van der Waals surface area contributed by atoms with Crippen LogP contribution in [0.15, 0.2) is 23.2 Å². The molecule has 1 rings (SSSR count). The Morgan fingerprint density at radius 1 is 1.54 bits per heavy atom. The van der Waals surface area contributed by atoms with E-state index in [1.54, 1.807) is 7.11 Å². The van der Waals surface area contributed by atoms with Crippen LogP contribution in [0.25, 0.3) is 0 Å². The summed E-state index contributed by atoms with van der Waals surface area (Å²) in [6.45, 7) is 0.428. The van der Waals surface area contributed by atoms with Crippen LogP contribution in [0, 0.1) is 0 Å². The fourth-order valence-corrected chi connectivity index (χ4v) is 1.09. The van der Waals surface area contributed by atoms with Gasteiger partial charge >= 0.3 is 0 Å². The van der Waals surface area contributed by atoms with Crippen molar-refractivity contribution in [2.75, 3.05) is 7.11 Å². The summed E-state index contributed by atoms with van der Waals surface area (Å²) in [6.07, 6.45) is 1.25. The molecule has 0 aliphatic rings. The van der Waals surface area contributed by atoms with Crippen LogP contribution in [0.5, 0.6) is 5.75 Å². The third-order valence-corrected chi connectivity index (χ3v) is 1.71. The van der Waals surface area contributed by atoms with E-state index in [-0.39, 0.29) is 0 Å². The van der Waals surface area contributed by atoms with E-state index in [4.69, 9.17) is 16.2 Å². The SMILES string of the molecule is COc1ccc(N=CN)cc1CN. The van der Waals surface area contributed by atoms with Gasteiger partial charge < -0.3 is 16.2 Å². The maximum atomic E-state index is 5.53. The quantitative estimate of drug-likeness (QED) is 0.531. The van der Waals surface area contributed by atoms with Crippen molar-refractivity contribution in [2.45, 2.75) is 6.54 Å². The Hall–Kier alpha value is -1.55. The maximum absolute atomic E-state index is 5.53. The zero-order chi connectivity index (χ0) is 9.68. The van der Waals surface area contributed by atoms with E-state index in [2.05, 4.69) is 4.99 Å².